The Morgan fingerprint density at radius 3 is 0.714 bits per heavy atom. The van der Waals surface area contributed by atoms with E-state index in [2.05, 4.69) is 13.2 Å². The fourth-order valence-electron chi connectivity index (χ4n) is 0. The second-order valence-electron chi connectivity index (χ2n) is 0. The number of hydrogen-bond donors (Lipinski definition) is 2. The second kappa shape index (κ2) is 53.6. The van der Waals surface area contributed by atoms with E-state index in [1.54, 1.807) is 0 Å². The topological polar surface area (TPSA) is 70.0 Å². The van der Waals surface area contributed by atoms with Gasteiger partial charge in [-0.15, -0.1) is 13.2 Å². The first kappa shape index (κ1) is 45.6. The van der Waals surface area contributed by atoms with Crippen LogP contribution in [0, 0.1) is 0 Å². The molecule has 0 saturated heterocycles. The summed E-state index contributed by atoms with van der Waals surface area (Å²) in [6.45, 7) is 6.00. The third-order valence-electron chi connectivity index (χ3n) is 0. The van der Waals surface area contributed by atoms with E-state index in [1.165, 1.54) is 0 Å². The molecule has 0 spiro atoms. The third-order valence-corrected chi connectivity index (χ3v) is 0. The molecule has 0 aliphatic rings. The van der Waals surface area contributed by atoms with Crippen LogP contribution in [0.3, 0.4) is 0 Å². The molecule has 0 heterocycles. The van der Waals surface area contributed by atoms with Crippen molar-refractivity contribution in [2.75, 3.05) is 0 Å². The summed E-state index contributed by atoms with van der Waals surface area (Å²) >= 11 is 0. The minimum absolute atomic E-state index is 0. The number of hydrogen-bond acceptors (Lipinski definition) is 2. The SMILES string of the molecule is C=C.N.N.[KH].[KH].[MgH2]. The fraction of sp³-hybridized carbons (Fsp3) is 0. The van der Waals surface area contributed by atoms with E-state index in [-0.39, 0.29) is 138 Å². The van der Waals surface area contributed by atoms with Gasteiger partial charge in [0.25, 0.3) is 0 Å². The summed E-state index contributed by atoms with van der Waals surface area (Å²) in [7, 11) is 0. The van der Waals surface area contributed by atoms with Gasteiger partial charge in [0.1, 0.15) is 0 Å². The zero-order valence-corrected chi connectivity index (χ0v) is 2.83. The molecule has 2 nitrogen and oxygen atoms in total. The van der Waals surface area contributed by atoms with Gasteiger partial charge in [-0.1, -0.05) is 0 Å². The van der Waals surface area contributed by atoms with Gasteiger partial charge >= 0.3 is 126 Å². The molecular formula is C2H14K2MgN2. The van der Waals surface area contributed by atoms with Gasteiger partial charge < -0.3 is 12.3 Å². The normalized spacial score (nSPS) is 0.571. The Bertz CT molecular complexity index is 13.7. The van der Waals surface area contributed by atoms with E-state index in [0.29, 0.717) is 0 Å². The summed E-state index contributed by atoms with van der Waals surface area (Å²) in [5.41, 5.74) is 0. The van der Waals surface area contributed by atoms with Crippen LogP contribution < -0.4 is 12.3 Å². The average Bonchev–Trinajstić information content (AvgIpc) is 1.00. The predicted molar refractivity (Wildman–Crippen MR) is 44.1 cm³/mol. The van der Waals surface area contributed by atoms with E-state index in [4.69, 9.17) is 0 Å². The van der Waals surface area contributed by atoms with E-state index in [0.717, 1.165) is 0 Å². The van der Waals surface area contributed by atoms with E-state index in [9.17, 15) is 0 Å². The molecule has 7 heavy (non-hydrogen) atoms. The van der Waals surface area contributed by atoms with Crippen LogP contribution in [0.25, 0.3) is 0 Å². The van der Waals surface area contributed by atoms with Crippen LogP contribution in [-0.4, -0.2) is 126 Å². The largest absolute Gasteiger partial charge is 0.316 e. The molecule has 0 aromatic carbocycles. The molecule has 6 N–H and O–H groups in total. The summed E-state index contributed by atoms with van der Waals surface area (Å²) in [5, 5.41) is 0. The first-order chi connectivity index (χ1) is 1.00. The van der Waals surface area contributed by atoms with Crippen LogP contribution in [0.5, 0.6) is 0 Å². The van der Waals surface area contributed by atoms with E-state index < -0.39 is 0 Å². The van der Waals surface area contributed by atoms with Crippen molar-refractivity contribution in [1.82, 2.24) is 12.3 Å². The summed E-state index contributed by atoms with van der Waals surface area (Å²) in [4.78, 5) is 0. The molecule has 0 unspecified atom stereocenters. The van der Waals surface area contributed by atoms with Gasteiger partial charge in [0, 0.05) is 0 Å². The van der Waals surface area contributed by atoms with Gasteiger partial charge in [-0.3, -0.25) is 0 Å². The van der Waals surface area contributed by atoms with Crippen LogP contribution in [0.1, 0.15) is 0 Å². The molecule has 0 aromatic rings. The van der Waals surface area contributed by atoms with Crippen molar-refractivity contribution in [3.05, 3.63) is 13.2 Å². The molecular weight excluding hydrogens is 155 g/mol. The van der Waals surface area contributed by atoms with Gasteiger partial charge in [0.05, 0.1) is 0 Å². The summed E-state index contributed by atoms with van der Waals surface area (Å²) in [5.74, 6) is 0. The van der Waals surface area contributed by atoms with Gasteiger partial charge in [0.2, 0.25) is 0 Å². The predicted octanol–water partition coefficient (Wildman–Crippen LogP) is -1.09. The molecule has 0 fully saturated rings. The van der Waals surface area contributed by atoms with Crippen LogP contribution in [-0.2, 0) is 0 Å². The Kier molecular flexibility index (Phi) is 349. The molecule has 0 aliphatic heterocycles. The van der Waals surface area contributed by atoms with Crippen molar-refractivity contribution >= 4 is 126 Å². The van der Waals surface area contributed by atoms with Crippen molar-refractivity contribution in [3.8, 4) is 0 Å². The molecule has 0 bridgehead atoms. The maximum Gasteiger partial charge on any atom is 0.316 e. The third kappa shape index (κ3) is 42.0. The summed E-state index contributed by atoms with van der Waals surface area (Å²) < 4.78 is 0. The smallest absolute Gasteiger partial charge is 0.316 e. The minimum atomic E-state index is 0. The van der Waals surface area contributed by atoms with Crippen LogP contribution in [0.15, 0.2) is 13.2 Å². The molecule has 0 rings (SSSR count). The first-order valence-corrected chi connectivity index (χ1v) is 0.500. The molecule has 36 valence electrons. The fourth-order valence-corrected chi connectivity index (χ4v) is 0. The molecule has 0 aliphatic carbocycles. The Balaban J connectivity index is -0.000000000500. The average molecular weight is 169 g/mol. The van der Waals surface area contributed by atoms with Crippen LogP contribution in [0.2, 0.25) is 0 Å². The maximum atomic E-state index is 3.00. The number of rotatable bonds is 0. The zero-order chi connectivity index (χ0) is 2.00. The monoisotopic (exact) mass is 168 g/mol. The molecule has 0 amide bonds. The van der Waals surface area contributed by atoms with Crippen molar-refractivity contribution in [2.45, 2.75) is 0 Å². The van der Waals surface area contributed by atoms with Crippen molar-refractivity contribution < 1.29 is 0 Å². The standard InChI is InChI=1S/C2H4.2K.Mg.2H3N.4H/c1-2;;;;;;;;;/h1-2H2;;;;2*1H3;;;;. The van der Waals surface area contributed by atoms with Crippen molar-refractivity contribution in [3.63, 3.8) is 0 Å². The van der Waals surface area contributed by atoms with Gasteiger partial charge in [-0.05, 0) is 0 Å². The second-order valence-corrected chi connectivity index (χ2v) is 0. The van der Waals surface area contributed by atoms with Crippen LogP contribution >= 0.6 is 0 Å². The van der Waals surface area contributed by atoms with Gasteiger partial charge in [-0.2, -0.15) is 0 Å². The van der Waals surface area contributed by atoms with Crippen LogP contribution in [0.4, 0.5) is 0 Å². The molecule has 0 aromatic heterocycles. The minimum Gasteiger partial charge on any atom is 0.316 e. The Morgan fingerprint density at radius 1 is 0.714 bits per heavy atom. The van der Waals surface area contributed by atoms with Crippen molar-refractivity contribution in [2.24, 2.45) is 0 Å². The Labute approximate surface area is 147 Å². The van der Waals surface area contributed by atoms with E-state index >= 15 is 0 Å². The Morgan fingerprint density at radius 2 is 0.714 bits per heavy atom. The molecule has 5 heteroatoms. The van der Waals surface area contributed by atoms with Gasteiger partial charge in [-0.25, -0.2) is 0 Å². The van der Waals surface area contributed by atoms with Crippen molar-refractivity contribution in [1.29, 1.82) is 0 Å². The summed E-state index contributed by atoms with van der Waals surface area (Å²) in [6.07, 6.45) is 0. The first-order valence-electron chi connectivity index (χ1n) is 0.500. The quantitative estimate of drug-likeness (QED) is 0.357. The maximum absolute atomic E-state index is 3.00. The summed E-state index contributed by atoms with van der Waals surface area (Å²) in [6, 6.07) is 0. The molecule has 0 radical (unpaired) electrons. The van der Waals surface area contributed by atoms with E-state index in [1.807, 2.05) is 0 Å². The molecule has 0 atom stereocenters. The molecule has 0 saturated carbocycles. The zero-order valence-electron chi connectivity index (χ0n) is 2.83. The Hall–Kier alpha value is 3.70. The van der Waals surface area contributed by atoms with Gasteiger partial charge in [0.15, 0.2) is 0 Å².